The van der Waals surface area contributed by atoms with Gasteiger partial charge in [-0.2, -0.15) is 0 Å². The van der Waals surface area contributed by atoms with E-state index in [1.165, 1.54) is 48.3 Å². The predicted octanol–water partition coefficient (Wildman–Crippen LogP) is 3.30. The molecule has 0 bridgehead atoms. The van der Waals surface area contributed by atoms with E-state index in [4.69, 9.17) is 5.73 Å². The zero-order chi connectivity index (χ0) is 23.6. The molecule has 0 aliphatic carbocycles. The third-order valence-corrected chi connectivity index (χ3v) is 8.31. The number of benzene rings is 1. The Balaban J connectivity index is 1.67. The van der Waals surface area contributed by atoms with Gasteiger partial charge in [0.2, 0.25) is 0 Å². The minimum Gasteiger partial charge on any atom is -0.384 e. The summed E-state index contributed by atoms with van der Waals surface area (Å²) >= 11 is 4.20. The maximum absolute atomic E-state index is 12.9. The summed E-state index contributed by atoms with van der Waals surface area (Å²) in [6.07, 6.45) is 0. The summed E-state index contributed by atoms with van der Waals surface area (Å²) in [6, 6.07) is 8.53. The van der Waals surface area contributed by atoms with Crippen molar-refractivity contribution in [1.29, 1.82) is 0 Å². The van der Waals surface area contributed by atoms with Crippen molar-refractivity contribution < 1.29 is 4.79 Å². The molecule has 1 aromatic carbocycles. The van der Waals surface area contributed by atoms with Gasteiger partial charge < -0.3 is 5.73 Å². The van der Waals surface area contributed by atoms with Crippen LogP contribution in [0.4, 0.5) is 5.82 Å². The topological polar surface area (TPSA) is 113 Å². The first-order valence-electron chi connectivity index (χ1n) is 9.91. The molecule has 0 aliphatic heterocycles. The van der Waals surface area contributed by atoms with E-state index >= 15 is 0 Å². The van der Waals surface area contributed by atoms with Crippen LogP contribution in [0.3, 0.4) is 0 Å². The summed E-state index contributed by atoms with van der Waals surface area (Å²) in [6.45, 7) is 6.02. The normalized spacial score (nSPS) is 12.3. The minimum absolute atomic E-state index is 0.132. The van der Waals surface area contributed by atoms with Crippen LogP contribution in [-0.4, -0.2) is 30.4 Å². The molecular weight excluding hydrogens is 466 g/mol. The fourth-order valence-corrected chi connectivity index (χ4v) is 6.13. The van der Waals surface area contributed by atoms with Crippen molar-refractivity contribution in [2.24, 2.45) is 14.1 Å². The monoisotopic (exact) mass is 491 g/mol. The molecule has 3 rings (SSSR count). The van der Waals surface area contributed by atoms with Crippen LogP contribution < -0.4 is 17.0 Å². The highest BCUT2D eigenvalue weighted by Gasteiger charge is 2.26. The first kappa shape index (κ1) is 24.3. The third-order valence-electron chi connectivity index (χ3n) is 5.00. The van der Waals surface area contributed by atoms with Crippen LogP contribution in [-0.2, 0) is 19.8 Å². The number of nitrogens with two attached hydrogens (primary N) is 1. The summed E-state index contributed by atoms with van der Waals surface area (Å²) in [7, 11) is 2.75. The Labute approximate surface area is 198 Å². The molecule has 0 fully saturated rings. The lowest BCUT2D eigenvalue weighted by Gasteiger charge is -2.13. The molecule has 11 heteroatoms. The van der Waals surface area contributed by atoms with E-state index in [1.54, 1.807) is 18.7 Å². The van der Waals surface area contributed by atoms with E-state index in [0.717, 1.165) is 19.2 Å². The first-order chi connectivity index (χ1) is 15.1. The summed E-state index contributed by atoms with van der Waals surface area (Å²) in [5.41, 5.74) is 6.96. The molecule has 0 spiro atoms. The quantitative estimate of drug-likeness (QED) is 0.377. The molecule has 8 nitrogen and oxygen atoms in total. The van der Waals surface area contributed by atoms with Gasteiger partial charge in [0.1, 0.15) is 11.4 Å². The molecule has 170 valence electrons. The highest BCUT2D eigenvalue weighted by Crippen LogP contribution is 2.33. The molecule has 0 amide bonds. The number of ketones is 1. The van der Waals surface area contributed by atoms with Crippen LogP contribution in [0.25, 0.3) is 0 Å². The van der Waals surface area contributed by atoms with Gasteiger partial charge in [0.15, 0.2) is 14.5 Å². The van der Waals surface area contributed by atoms with Crippen molar-refractivity contribution in [1.82, 2.24) is 19.3 Å². The summed E-state index contributed by atoms with van der Waals surface area (Å²) in [5, 5.41) is 7.75. The number of Topliss-reactive ketones (excluding diaryl/α,β-unsaturated/α-hetero) is 1. The molecule has 0 saturated heterocycles. The summed E-state index contributed by atoms with van der Waals surface area (Å²) in [5.74, 6) is 0.697. The Kier molecular flexibility index (Phi) is 7.63. The van der Waals surface area contributed by atoms with Crippen LogP contribution in [0.2, 0.25) is 0 Å². The zero-order valence-corrected chi connectivity index (χ0v) is 20.9. The Bertz CT molecular complexity index is 1250. The number of anilines is 1. The van der Waals surface area contributed by atoms with Gasteiger partial charge in [-0.05, 0) is 24.0 Å². The molecule has 1 atom stereocenters. The lowest BCUT2D eigenvalue weighted by atomic mass is 10.0. The van der Waals surface area contributed by atoms with Crippen molar-refractivity contribution >= 4 is 46.5 Å². The van der Waals surface area contributed by atoms with E-state index in [9.17, 15) is 14.4 Å². The van der Waals surface area contributed by atoms with Gasteiger partial charge in [-0.1, -0.05) is 73.0 Å². The maximum atomic E-state index is 12.9. The third kappa shape index (κ3) is 5.16. The Morgan fingerprint density at radius 2 is 1.69 bits per heavy atom. The molecule has 2 heterocycles. The van der Waals surface area contributed by atoms with Gasteiger partial charge in [-0.15, -0.1) is 10.2 Å². The van der Waals surface area contributed by atoms with E-state index in [0.29, 0.717) is 10.3 Å². The van der Waals surface area contributed by atoms with E-state index in [2.05, 4.69) is 48.3 Å². The van der Waals surface area contributed by atoms with Gasteiger partial charge in [0.25, 0.3) is 5.56 Å². The second-order valence-electron chi connectivity index (χ2n) is 7.61. The first-order valence-corrected chi connectivity index (χ1v) is 12.6. The second kappa shape index (κ2) is 10.1. The maximum Gasteiger partial charge on any atom is 0.332 e. The standard InChI is InChI=1S/C21H25N5O3S3/c1-11(2)14-8-6-13(7-9-14)10-30-19-23-24-20(32-19)31-12(3)16(27)15-17(22)25(4)21(29)26(5)18(15)28/h6-9,11-12H,10,22H2,1-5H3. The average molecular weight is 492 g/mol. The zero-order valence-electron chi connectivity index (χ0n) is 18.5. The molecule has 1 unspecified atom stereocenters. The van der Waals surface area contributed by atoms with Crippen molar-refractivity contribution in [3.05, 3.63) is 61.8 Å². The van der Waals surface area contributed by atoms with Crippen molar-refractivity contribution in [2.75, 3.05) is 5.73 Å². The largest absolute Gasteiger partial charge is 0.384 e. The fourth-order valence-electron chi connectivity index (χ4n) is 2.95. The summed E-state index contributed by atoms with van der Waals surface area (Å²) < 4.78 is 3.41. The molecular formula is C21H25N5O3S3. The van der Waals surface area contributed by atoms with Crippen LogP contribution >= 0.6 is 34.9 Å². The minimum atomic E-state index is -0.694. The molecule has 32 heavy (non-hydrogen) atoms. The number of nitrogen functional groups attached to an aromatic ring is 1. The Hall–Kier alpha value is -2.37. The van der Waals surface area contributed by atoms with Gasteiger partial charge in [-0.25, -0.2) is 4.79 Å². The molecule has 0 saturated carbocycles. The Morgan fingerprint density at radius 3 is 2.31 bits per heavy atom. The lowest BCUT2D eigenvalue weighted by Crippen LogP contribution is -2.42. The highest BCUT2D eigenvalue weighted by atomic mass is 32.2. The van der Waals surface area contributed by atoms with Gasteiger partial charge in [0, 0.05) is 19.8 Å². The number of nitrogens with zero attached hydrogens (tertiary/aromatic N) is 4. The lowest BCUT2D eigenvalue weighted by molar-refractivity contribution is 0.0992. The average Bonchev–Trinajstić information content (AvgIpc) is 3.22. The Morgan fingerprint density at radius 1 is 1.06 bits per heavy atom. The van der Waals surface area contributed by atoms with E-state index in [-0.39, 0.29) is 11.4 Å². The number of hydrogen-bond donors (Lipinski definition) is 1. The van der Waals surface area contributed by atoms with Gasteiger partial charge in [0.05, 0.1) is 5.25 Å². The van der Waals surface area contributed by atoms with Gasteiger partial charge >= 0.3 is 5.69 Å². The molecule has 3 aromatic rings. The van der Waals surface area contributed by atoms with E-state index in [1.807, 2.05) is 0 Å². The fraction of sp³-hybridized carbons (Fsp3) is 0.381. The number of rotatable bonds is 8. The number of carbonyl (C=O) groups is 1. The van der Waals surface area contributed by atoms with Crippen molar-refractivity contribution in [2.45, 2.75) is 46.4 Å². The van der Waals surface area contributed by atoms with Crippen LogP contribution in [0.15, 0.2) is 42.5 Å². The summed E-state index contributed by atoms with van der Waals surface area (Å²) in [4.78, 5) is 37.3. The molecule has 0 aliphatic rings. The van der Waals surface area contributed by atoms with Crippen molar-refractivity contribution in [3.8, 4) is 0 Å². The molecule has 2 N–H and O–H groups in total. The second-order valence-corrected chi connectivity index (χ2v) is 11.4. The van der Waals surface area contributed by atoms with Crippen LogP contribution in [0.5, 0.6) is 0 Å². The van der Waals surface area contributed by atoms with Gasteiger partial charge in [-0.3, -0.25) is 18.7 Å². The smallest absolute Gasteiger partial charge is 0.332 e. The predicted molar refractivity (Wildman–Crippen MR) is 131 cm³/mol. The molecule has 0 radical (unpaired) electrons. The molecule has 2 aromatic heterocycles. The number of aromatic nitrogens is 4. The SMILES string of the molecule is CC(Sc1nnc(SCc2ccc(C(C)C)cc2)s1)C(=O)c1c(N)n(C)c(=O)n(C)c1=O. The van der Waals surface area contributed by atoms with Crippen molar-refractivity contribution in [3.63, 3.8) is 0 Å². The van der Waals surface area contributed by atoms with Crippen LogP contribution in [0.1, 0.15) is 48.2 Å². The van der Waals surface area contributed by atoms with Crippen LogP contribution in [0, 0.1) is 0 Å². The van der Waals surface area contributed by atoms with E-state index < -0.39 is 22.3 Å². The number of carbonyl (C=O) groups excluding carboxylic acids is 1. The number of thioether (sulfide) groups is 2. The number of hydrogen-bond acceptors (Lipinski definition) is 9. The highest BCUT2D eigenvalue weighted by molar-refractivity contribution is 8.03.